The normalized spacial score (nSPS) is 20.2. The molecule has 1 aromatic carbocycles. The van der Waals surface area contributed by atoms with Crippen LogP contribution in [0.3, 0.4) is 0 Å². The highest BCUT2D eigenvalue weighted by Crippen LogP contribution is 2.29. The van der Waals surface area contributed by atoms with E-state index in [1.165, 1.54) is 11.8 Å². The van der Waals surface area contributed by atoms with E-state index >= 15 is 0 Å². The molecule has 0 spiro atoms. The zero-order valence-corrected chi connectivity index (χ0v) is 11.9. The van der Waals surface area contributed by atoms with Crippen LogP contribution in [0.1, 0.15) is 13.3 Å². The van der Waals surface area contributed by atoms with Crippen LogP contribution in [0.2, 0.25) is 0 Å². The lowest BCUT2D eigenvalue weighted by Crippen LogP contribution is -2.26. The van der Waals surface area contributed by atoms with E-state index in [9.17, 15) is 4.79 Å². The lowest BCUT2D eigenvalue weighted by molar-refractivity contribution is -0.115. The third-order valence-corrected chi connectivity index (χ3v) is 4.41. The van der Waals surface area contributed by atoms with E-state index in [1.807, 2.05) is 24.3 Å². The molecule has 1 aliphatic rings. The summed E-state index contributed by atoms with van der Waals surface area (Å²) >= 11 is 1.47. The van der Waals surface area contributed by atoms with Crippen molar-refractivity contribution in [3.63, 3.8) is 0 Å². The number of nitrogens with two attached hydrogens (primary N) is 1. The van der Waals surface area contributed by atoms with Crippen LogP contribution in [0, 0.1) is 5.92 Å². The number of rotatable bonds is 6. The molecule has 0 saturated carbocycles. The van der Waals surface area contributed by atoms with Crippen LogP contribution < -0.4 is 11.1 Å². The average molecular weight is 280 g/mol. The van der Waals surface area contributed by atoms with E-state index in [2.05, 4.69) is 12.2 Å². The van der Waals surface area contributed by atoms with E-state index in [-0.39, 0.29) is 5.91 Å². The minimum Gasteiger partial charge on any atom is -0.381 e. The molecule has 3 N–H and O–H groups in total. The molecule has 2 unspecified atom stereocenters. The summed E-state index contributed by atoms with van der Waals surface area (Å²) in [4.78, 5) is 11.9. The molecule has 1 aromatic rings. The summed E-state index contributed by atoms with van der Waals surface area (Å²) in [6, 6.07) is 8.37. The van der Waals surface area contributed by atoms with Gasteiger partial charge in [0.2, 0.25) is 5.91 Å². The van der Waals surface area contributed by atoms with Crippen molar-refractivity contribution in [3.05, 3.63) is 24.3 Å². The van der Waals surface area contributed by atoms with E-state index in [1.54, 1.807) is 0 Å². The first kappa shape index (κ1) is 14.2. The molecule has 5 heteroatoms. The van der Waals surface area contributed by atoms with Crippen LogP contribution in [0.25, 0.3) is 0 Å². The van der Waals surface area contributed by atoms with Crippen molar-refractivity contribution in [1.29, 1.82) is 0 Å². The monoisotopic (exact) mass is 280 g/mol. The van der Waals surface area contributed by atoms with Gasteiger partial charge in [-0.3, -0.25) is 4.79 Å². The first-order valence-corrected chi connectivity index (χ1v) is 7.50. The zero-order chi connectivity index (χ0) is 13.7. The Balaban J connectivity index is 2.00. The number of ether oxygens (including phenoxy) is 1. The van der Waals surface area contributed by atoms with Crippen molar-refractivity contribution in [2.24, 2.45) is 11.7 Å². The molecule has 1 saturated heterocycles. The molecule has 1 fully saturated rings. The molecule has 104 valence electrons. The number of nitrogens with one attached hydrogen (secondary N) is 1. The Bertz CT molecular complexity index is 433. The predicted molar refractivity (Wildman–Crippen MR) is 78.4 cm³/mol. The Morgan fingerprint density at radius 3 is 3.05 bits per heavy atom. The fraction of sp³-hybridized carbons (Fsp3) is 0.500. The first-order valence-electron chi connectivity index (χ1n) is 6.51. The standard InChI is InChI=1S/C14H20N2O2S/c1-10(11-6-7-18-8-11)16-12-4-2-3-5-13(12)19-9-14(15)17/h2-5,10-11,16H,6-9H2,1H3,(H2,15,17). The van der Waals surface area contributed by atoms with Gasteiger partial charge < -0.3 is 15.8 Å². The Morgan fingerprint density at radius 1 is 1.58 bits per heavy atom. The average Bonchev–Trinajstić information content (AvgIpc) is 2.91. The number of primary amides is 1. The van der Waals surface area contributed by atoms with E-state index in [0.717, 1.165) is 30.2 Å². The third kappa shape index (κ3) is 4.14. The molecule has 0 aromatic heterocycles. The van der Waals surface area contributed by atoms with Gasteiger partial charge in [0.15, 0.2) is 0 Å². The third-order valence-electron chi connectivity index (χ3n) is 3.31. The van der Waals surface area contributed by atoms with Crippen LogP contribution in [-0.4, -0.2) is 30.9 Å². The summed E-state index contributed by atoms with van der Waals surface area (Å²) in [6.07, 6.45) is 1.10. The molecule has 19 heavy (non-hydrogen) atoms. The quantitative estimate of drug-likeness (QED) is 0.783. The zero-order valence-electron chi connectivity index (χ0n) is 11.1. The summed E-state index contributed by atoms with van der Waals surface area (Å²) < 4.78 is 5.42. The Morgan fingerprint density at radius 2 is 2.37 bits per heavy atom. The lowest BCUT2D eigenvalue weighted by Gasteiger charge is -2.22. The molecule has 1 heterocycles. The fourth-order valence-corrected chi connectivity index (χ4v) is 2.93. The molecule has 2 rings (SSSR count). The number of carbonyl (C=O) groups excluding carboxylic acids is 1. The lowest BCUT2D eigenvalue weighted by atomic mass is 10.0. The molecule has 1 aliphatic heterocycles. The van der Waals surface area contributed by atoms with Crippen LogP contribution in [-0.2, 0) is 9.53 Å². The largest absolute Gasteiger partial charge is 0.381 e. The minimum atomic E-state index is -0.294. The Kier molecular flexibility index (Phi) is 5.10. The number of amides is 1. The maximum Gasteiger partial charge on any atom is 0.227 e. The number of carbonyl (C=O) groups is 1. The first-order chi connectivity index (χ1) is 9.16. The van der Waals surface area contributed by atoms with Gasteiger partial charge in [0.1, 0.15) is 0 Å². The topological polar surface area (TPSA) is 64.3 Å². The molecule has 0 radical (unpaired) electrons. The molecular weight excluding hydrogens is 260 g/mol. The summed E-state index contributed by atoms with van der Waals surface area (Å²) in [5.74, 6) is 0.561. The highest BCUT2D eigenvalue weighted by atomic mass is 32.2. The van der Waals surface area contributed by atoms with Gasteiger partial charge in [-0.15, -0.1) is 11.8 Å². The Hall–Kier alpha value is -1.20. The van der Waals surface area contributed by atoms with Crippen molar-refractivity contribution in [2.75, 3.05) is 24.3 Å². The number of thioether (sulfide) groups is 1. The van der Waals surface area contributed by atoms with Crippen molar-refractivity contribution in [2.45, 2.75) is 24.3 Å². The second-order valence-electron chi connectivity index (χ2n) is 4.81. The number of anilines is 1. The van der Waals surface area contributed by atoms with Crippen LogP contribution in [0.15, 0.2) is 29.2 Å². The number of benzene rings is 1. The van der Waals surface area contributed by atoms with Crippen LogP contribution in [0.5, 0.6) is 0 Å². The van der Waals surface area contributed by atoms with Crippen molar-refractivity contribution in [3.8, 4) is 0 Å². The summed E-state index contributed by atoms with van der Waals surface area (Å²) in [5.41, 5.74) is 6.26. The van der Waals surface area contributed by atoms with Gasteiger partial charge in [-0.05, 0) is 25.5 Å². The predicted octanol–water partition coefficient (Wildman–Crippen LogP) is 2.10. The Labute approximate surface area is 118 Å². The number of para-hydroxylation sites is 1. The molecule has 4 nitrogen and oxygen atoms in total. The molecule has 0 bridgehead atoms. The van der Waals surface area contributed by atoms with Gasteiger partial charge in [-0.25, -0.2) is 0 Å². The molecule has 0 aliphatic carbocycles. The van der Waals surface area contributed by atoms with Crippen molar-refractivity contribution < 1.29 is 9.53 Å². The van der Waals surface area contributed by atoms with Crippen LogP contribution in [0.4, 0.5) is 5.69 Å². The minimum absolute atomic E-state index is 0.294. The molecule has 2 atom stereocenters. The maximum atomic E-state index is 10.9. The van der Waals surface area contributed by atoms with E-state index in [4.69, 9.17) is 10.5 Å². The molecular formula is C14H20N2O2S. The van der Waals surface area contributed by atoms with Crippen LogP contribution >= 0.6 is 11.8 Å². The van der Waals surface area contributed by atoms with Crippen molar-refractivity contribution >= 4 is 23.4 Å². The van der Waals surface area contributed by atoms with Gasteiger partial charge in [-0.2, -0.15) is 0 Å². The highest BCUT2D eigenvalue weighted by Gasteiger charge is 2.22. The van der Waals surface area contributed by atoms with Gasteiger partial charge in [-0.1, -0.05) is 12.1 Å². The SMILES string of the molecule is CC(Nc1ccccc1SCC(N)=O)C1CCOC1. The summed E-state index contributed by atoms with van der Waals surface area (Å²) in [5, 5.41) is 3.52. The molecule has 1 amide bonds. The summed E-state index contributed by atoms with van der Waals surface area (Å²) in [6.45, 7) is 3.86. The maximum absolute atomic E-state index is 10.9. The smallest absolute Gasteiger partial charge is 0.227 e. The highest BCUT2D eigenvalue weighted by molar-refractivity contribution is 8.00. The second kappa shape index (κ2) is 6.82. The van der Waals surface area contributed by atoms with Gasteiger partial charge in [0, 0.05) is 29.1 Å². The van der Waals surface area contributed by atoms with E-state index < -0.39 is 0 Å². The fourth-order valence-electron chi connectivity index (χ4n) is 2.17. The van der Waals surface area contributed by atoms with Gasteiger partial charge in [0.05, 0.1) is 12.4 Å². The summed E-state index contributed by atoms with van der Waals surface area (Å²) in [7, 11) is 0. The number of hydrogen-bond donors (Lipinski definition) is 2. The van der Waals surface area contributed by atoms with Gasteiger partial charge >= 0.3 is 0 Å². The number of hydrogen-bond acceptors (Lipinski definition) is 4. The van der Waals surface area contributed by atoms with Gasteiger partial charge in [0.25, 0.3) is 0 Å². The second-order valence-corrected chi connectivity index (χ2v) is 5.83. The van der Waals surface area contributed by atoms with Crippen molar-refractivity contribution in [1.82, 2.24) is 0 Å². The van der Waals surface area contributed by atoms with E-state index in [0.29, 0.717) is 17.7 Å².